The van der Waals surface area contributed by atoms with Gasteiger partial charge in [0.05, 0.1) is 16.9 Å². The summed E-state index contributed by atoms with van der Waals surface area (Å²) in [5.41, 5.74) is 3.42. The predicted octanol–water partition coefficient (Wildman–Crippen LogP) is 4.85. The Balaban J connectivity index is 1.49. The highest BCUT2D eigenvalue weighted by Crippen LogP contribution is 2.34. The van der Waals surface area contributed by atoms with Gasteiger partial charge in [0.1, 0.15) is 12.1 Å². The molecule has 3 amide bonds. The van der Waals surface area contributed by atoms with Gasteiger partial charge in [-0.2, -0.15) is 0 Å². The predicted molar refractivity (Wildman–Crippen MR) is 150 cm³/mol. The third-order valence-corrected chi connectivity index (χ3v) is 6.69. The quantitative estimate of drug-likeness (QED) is 0.321. The first kappa shape index (κ1) is 24.7. The summed E-state index contributed by atoms with van der Waals surface area (Å²) in [6, 6.07) is 19.6. The molecule has 9 nitrogen and oxygen atoms in total. The van der Waals surface area contributed by atoms with E-state index >= 15 is 0 Å². The number of anilines is 4. The van der Waals surface area contributed by atoms with Crippen molar-refractivity contribution in [3.8, 4) is 0 Å². The van der Waals surface area contributed by atoms with E-state index < -0.39 is 11.9 Å². The zero-order chi connectivity index (χ0) is 25.8. The van der Waals surface area contributed by atoms with Gasteiger partial charge in [-0.25, -0.2) is 14.8 Å². The van der Waals surface area contributed by atoms with Crippen LogP contribution in [0.2, 0.25) is 0 Å². The average Bonchev–Trinajstić information content (AvgIpc) is 2.90. The molecule has 5 rings (SSSR count). The van der Waals surface area contributed by atoms with Crippen molar-refractivity contribution < 1.29 is 9.59 Å². The minimum Gasteiger partial charge on any atom is -0.367 e. The molecule has 1 aliphatic rings. The van der Waals surface area contributed by atoms with Crippen LogP contribution < -0.4 is 20.9 Å². The lowest BCUT2D eigenvalue weighted by Gasteiger charge is -2.35. The molecule has 3 aromatic carbocycles. The van der Waals surface area contributed by atoms with E-state index in [1.807, 2.05) is 42.5 Å². The number of fused-ring (bicyclic) bond motifs is 1. The Hall–Kier alpha value is -4.02. The van der Waals surface area contributed by atoms with Crippen molar-refractivity contribution in [2.24, 2.45) is 0 Å². The maximum atomic E-state index is 12.9. The van der Waals surface area contributed by atoms with Crippen LogP contribution in [0.3, 0.4) is 0 Å². The lowest BCUT2D eigenvalue weighted by Crippen LogP contribution is -2.45. The Bertz CT molecular complexity index is 1440. The minimum absolute atomic E-state index is 0.407. The number of hydrogen-bond donors (Lipinski definition) is 3. The first-order chi connectivity index (χ1) is 18.0. The van der Waals surface area contributed by atoms with Crippen molar-refractivity contribution in [2.45, 2.75) is 0 Å². The summed E-state index contributed by atoms with van der Waals surface area (Å²) in [6.07, 6.45) is 1.52. The number of imide groups is 1. The van der Waals surface area contributed by atoms with Crippen LogP contribution in [0, 0.1) is 0 Å². The molecule has 37 heavy (non-hydrogen) atoms. The molecule has 0 bridgehead atoms. The Morgan fingerprint density at radius 3 is 2.46 bits per heavy atom. The Morgan fingerprint density at radius 2 is 1.70 bits per heavy atom. The molecule has 10 heteroatoms. The zero-order valence-electron chi connectivity index (χ0n) is 20.2. The molecule has 0 radical (unpaired) electrons. The van der Waals surface area contributed by atoms with Crippen molar-refractivity contribution >= 4 is 61.7 Å². The molecule has 0 saturated carbocycles. The lowest BCUT2D eigenvalue weighted by atomic mass is 10.1. The summed E-state index contributed by atoms with van der Waals surface area (Å²) < 4.78 is 0.940. The van der Waals surface area contributed by atoms with Gasteiger partial charge in [0, 0.05) is 47.3 Å². The number of nitrogens with one attached hydrogen (secondary N) is 3. The van der Waals surface area contributed by atoms with Crippen LogP contribution in [0.5, 0.6) is 0 Å². The summed E-state index contributed by atoms with van der Waals surface area (Å²) in [4.78, 5) is 38.9. The highest BCUT2D eigenvalue weighted by atomic mass is 79.9. The monoisotopic (exact) mass is 559 g/mol. The fraction of sp³-hybridized carbons (Fsp3) is 0.185. The van der Waals surface area contributed by atoms with E-state index in [2.05, 4.69) is 58.7 Å². The van der Waals surface area contributed by atoms with Gasteiger partial charge in [-0.05, 0) is 49.5 Å². The molecule has 3 N–H and O–H groups in total. The van der Waals surface area contributed by atoms with Crippen molar-refractivity contribution in [1.29, 1.82) is 0 Å². The first-order valence-corrected chi connectivity index (χ1v) is 12.7. The summed E-state index contributed by atoms with van der Waals surface area (Å²) in [6.45, 7) is 3.40. The maximum Gasteiger partial charge on any atom is 0.326 e. The molecule has 4 aromatic rings. The molecule has 1 aromatic heterocycles. The fourth-order valence-corrected chi connectivity index (χ4v) is 4.62. The molecule has 0 atom stereocenters. The van der Waals surface area contributed by atoms with E-state index in [4.69, 9.17) is 0 Å². The van der Waals surface area contributed by atoms with Gasteiger partial charge in [0.25, 0.3) is 5.91 Å². The Labute approximate surface area is 223 Å². The SMILES string of the molecule is CN1CCN(c2cc3ncnc(Nc4cccc(Br)c4)c3cc2NC(=O)NC(=O)c2ccccc2)CC1. The van der Waals surface area contributed by atoms with Crippen LogP contribution in [0.25, 0.3) is 10.9 Å². The number of halogens is 1. The first-order valence-electron chi connectivity index (χ1n) is 11.9. The third kappa shape index (κ3) is 5.87. The van der Waals surface area contributed by atoms with Gasteiger partial charge in [-0.15, -0.1) is 0 Å². The second kappa shape index (κ2) is 10.9. The standard InChI is InChI=1S/C27H26BrN7O2/c1-34-10-12-35(13-11-34)24-16-22-21(25(30-17-29-22)31-20-9-5-8-19(28)14-20)15-23(24)32-27(37)33-26(36)18-6-3-2-4-7-18/h2-9,14-17H,10-13H2,1H3,(H,29,30,31)(H2,32,33,36,37). The van der Waals surface area contributed by atoms with Crippen LogP contribution >= 0.6 is 15.9 Å². The molecule has 0 aliphatic carbocycles. The van der Waals surface area contributed by atoms with Crippen molar-refractivity contribution in [1.82, 2.24) is 20.2 Å². The van der Waals surface area contributed by atoms with Gasteiger partial charge < -0.3 is 20.4 Å². The molecule has 0 spiro atoms. The number of amides is 3. The van der Waals surface area contributed by atoms with Crippen LogP contribution in [0.1, 0.15) is 10.4 Å². The van der Waals surface area contributed by atoms with E-state index in [1.54, 1.807) is 24.3 Å². The summed E-state index contributed by atoms with van der Waals surface area (Å²) in [5.74, 6) is 0.136. The average molecular weight is 560 g/mol. The summed E-state index contributed by atoms with van der Waals surface area (Å²) in [7, 11) is 2.09. The topological polar surface area (TPSA) is 102 Å². The Morgan fingerprint density at radius 1 is 0.919 bits per heavy atom. The van der Waals surface area contributed by atoms with Gasteiger partial charge in [-0.1, -0.05) is 40.2 Å². The number of rotatable bonds is 5. The van der Waals surface area contributed by atoms with Crippen molar-refractivity contribution in [3.05, 3.63) is 83.1 Å². The normalized spacial score (nSPS) is 13.8. The molecular formula is C27H26BrN7O2. The number of hydrogen-bond acceptors (Lipinski definition) is 7. The number of carbonyl (C=O) groups is 2. The number of carbonyl (C=O) groups excluding carboxylic acids is 2. The van der Waals surface area contributed by atoms with E-state index in [1.165, 1.54) is 6.33 Å². The van der Waals surface area contributed by atoms with Crippen LogP contribution in [-0.4, -0.2) is 60.0 Å². The number of aromatic nitrogens is 2. The van der Waals surface area contributed by atoms with Crippen LogP contribution in [-0.2, 0) is 0 Å². The second-order valence-electron chi connectivity index (χ2n) is 8.81. The van der Waals surface area contributed by atoms with Crippen molar-refractivity contribution in [2.75, 3.05) is 48.8 Å². The molecule has 1 saturated heterocycles. The second-order valence-corrected chi connectivity index (χ2v) is 9.72. The van der Waals surface area contributed by atoms with Crippen molar-refractivity contribution in [3.63, 3.8) is 0 Å². The van der Waals surface area contributed by atoms with E-state index in [-0.39, 0.29) is 0 Å². The molecule has 2 heterocycles. The molecular weight excluding hydrogens is 534 g/mol. The van der Waals surface area contributed by atoms with Gasteiger partial charge >= 0.3 is 6.03 Å². The zero-order valence-corrected chi connectivity index (χ0v) is 21.8. The third-order valence-electron chi connectivity index (χ3n) is 6.20. The summed E-state index contributed by atoms with van der Waals surface area (Å²) >= 11 is 3.49. The highest BCUT2D eigenvalue weighted by Gasteiger charge is 2.21. The van der Waals surface area contributed by atoms with Crippen LogP contribution in [0.15, 0.2) is 77.5 Å². The minimum atomic E-state index is -0.609. The highest BCUT2D eigenvalue weighted by molar-refractivity contribution is 9.10. The molecule has 1 aliphatic heterocycles. The van der Waals surface area contributed by atoms with Crippen LogP contribution in [0.4, 0.5) is 27.7 Å². The van der Waals surface area contributed by atoms with E-state index in [0.717, 1.165) is 52.9 Å². The molecule has 0 unspecified atom stereocenters. The number of likely N-dealkylation sites (N-methyl/N-ethyl adjacent to an activating group) is 1. The number of benzene rings is 3. The molecule has 188 valence electrons. The Kier molecular flexibility index (Phi) is 7.29. The van der Waals surface area contributed by atoms with Gasteiger partial charge in [0.15, 0.2) is 0 Å². The number of piperazine rings is 1. The fourth-order valence-electron chi connectivity index (χ4n) is 4.22. The maximum absolute atomic E-state index is 12.9. The smallest absolute Gasteiger partial charge is 0.326 e. The summed E-state index contributed by atoms with van der Waals surface area (Å²) in [5, 5.41) is 9.40. The van der Waals surface area contributed by atoms with E-state index in [0.29, 0.717) is 17.1 Å². The molecule has 1 fully saturated rings. The van der Waals surface area contributed by atoms with E-state index in [9.17, 15) is 9.59 Å². The van der Waals surface area contributed by atoms with Gasteiger partial charge in [0.2, 0.25) is 0 Å². The lowest BCUT2D eigenvalue weighted by molar-refractivity contribution is 0.0967. The number of nitrogens with zero attached hydrogens (tertiary/aromatic N) is 4. The largest absolute Gasteiger partial charge is 0.367 e. The number of urea groups is 1. The van der Waals surface area contributed by atoms with Gasteiger partial charge in [-0.3, -0.25) is 10.1 Å².